The molecule has 0 saturated heterocycles. The predicted octanol–water partition coefficient (Wildman–Crippen LogP) is 2.91. The molecule has 0 heterocycles. The molecule has 0 spiro atoms. The van der Waals surface area contributed by atoms with Crippen molar-refractivity contribution in [2.45, 2.75) is 52.1 Å². The molecule has 2 atom stereocenters. The minimum atomic E-state index is 0.679. The summed E-state index contributed by atoms with van der Waals surface area (Å²) in [5.41, 5.74) is 0. The highest BCUT2D eigenvalue weighted by atomic mass is 32.2. The Labute approximate surface area is 87.1 Å². The summed E-state index contributed by atoms with van der Waals surface area (Å²) in [5.74, 6) is 3.54. The molecule has 0 aromatic rings. The molecule has 13 heavy (non-hydrogen) atoms. The van der Waals surface area contributed by atoms with E-state index >= 15 is 0 Å². The fourth-order valence-electron chi connectivity index (χ4n) is 1.75. The molecule has 1 nitrogen and oxygen atoms in total. The average molecular weight is 201 g/mol. The fraction of sp³-hybridized carbons (Fsp3) is 1.00. The van der Waals surface area contributed by atoms with Crippen molar-refractivity contribution in [2.75, 3.05) is 11.5 Å². The first-order valence-electron chi connectivity index (χ1n) is 5.56. The second-order valence-corrected chi connectivity index (χ2v) is 5.63. The average Bonchev–Trinajstić information content (AvgIpc) is 2.84. The van der Waals surface area contributed by atoms with Crippen molar-refractivity contribution in [3.63, 3.8) is 0 Å². The third-order valence-corrected chi connectivity index (χ3v) is 3.67. The molecule has 0 radical (unpaired) electrons. The van der Waals surface area contributed by atoms with E-state index in [4.69, 9.17) is 0 Å². The van der Waals surface area contributed by atoms with E-state index in [1.54, 1.807) is 0 Å². The lowest BCUT2D eigenvalue weighted by Crippen LogP contribution is -2.36. The highest BCUT2D eigenvalue weighted by Crippen LogP contribution is 2.33. The molecule has 1 aliphatic carbocycles. The molecule has 0 bridgehead atoms. The molecule has 1 rings (SSSR count). The molecule has 2 heteroatoms. The molecule has 0 aliphatic heterocycles. The Hall–Kier alpha value is 0.310. The quantitative estimate of drug-likeness (QED) is 0.680. The number of hydrogen-bond acceptors (Lipinski definition) is 2. The van der Waals surface area contributed by atoms with Crippen LogP contribution in [-0.2, 0) is 0 Å². The van der Waals surface area contributed by atoms with Gasteiger partial charge in [0.2, 0.25) is 0 Å². The summed E-state index contributed by atoms with van der Waals surface area (Å²) in [7, 11) is 0. The van der Waals surface area contributed by atoms with Gasteiger partial charge in [-0.3, -0.25) is 0 Å². The Morgan fingerprint density at radius 1 is 1.31 bits per heavy atom. The zero-order chi connectivity index (χ0) is 9.68. The monoisotopic (exact) mass is 201 g/mol. The Kier molecular flexibility index (Phi) is 5.18. The van der Waals surface area contributed by atoms with E-state index in [1.807, 2.05) is 11.8 Å². The van der Waals surface area contributed by atoms with Gasteiger partial charge in [0, 0.05) is 17.8 Å². The number of thioether (sulfide) groups is 1. The summed E-state index contributed by atoms with van der Waals surface area (Å²) in [6.45, 7) is 6.85. The Bertz CT molecular complexity index is 134. The molecule has 1 N–H and O–H groups in total. The van der Waals surface area contributed by atoms with Gasteiger partial charge in [-0.05, 0) is 31.9 Å². The summed E-state index contributed by atoms with van der Waals surface area (Å²) < 4.78 is 0. The van der Waals surface area contributed by atoms with Crippen LogP contribution in [0.5, 0.6) is 0 Å². The van der Waals surface area contributed by atoms with E-state index in [-0.39, 0.29) is 0 Å². The van der Waals surface area contributed by atoms with Crippen LogP contribution in [0.25, 0.3) is 0 Å². The van der Waals surface area contributed by atoms with Gasteiger partial charge < -0.3 is 5.32 Å². The first-order valence-corrected chi connectivity index (χ1v) is 6.71. The van der Waals surface area contributed by atoms with Gasteiger partial charge >= 0.3 is 0 Å². The van der Waals surface area contributed by atoms with Gasteiger partial charge in [0.25, 0.3) is 0 Å². The molecule has 1 aliphatic rings. The standard InChI is InChI=1S/C11H23NS/c1-4-13-8-10(3)12-9(2)7-11-5-6-11/h9-12H,4-8H2,1-3H3. The van der Waals surface area contributed by atoms with Crippen LogP contribution in [0.3, 0.4) is 0 Å². The van der Waals surface area contributed by atoms with Crippen molar-refractivity contribution in [3.8, 4) is 0 Å². The maximum absolute atomic E-state index is 3.67. The largest absolute Gasteiger partial charge is 0.311 e. The van der Waals surface area contributed by atoms with Crippen molar-refractivity contribution >= 4 is 11.8 Å². The van der Waals surface area contributed by atoms with E-state index in [9.17, 15) is 0 Å². The van der Waals surface area contributed by atoms with Crippen LogP contribution in [0.1, 0.15) is 40.0 Å². The SMILES string of the molecule is CCSCC(C)NC(C)CC1CC1. The van der Waals surface area contributed by atoms with E-state index in [0.29, 0.717) is 6.04 Å². The lowest BCUT2D eigenvalue weighted by molar-refractivity contribution is 0.450. The second-order valence-electron chi connectivity index (χ2n) is 4.31. The van der Waals surface area contributed by atoms with Crippen LogP contribution in [0.15, 0.2) is 0 Å². The molecule has 78 valence electrons. The van der Waals surface area contributed by atoms with Crippen LogP contribution in [0.2, 0.25) is 0 Å². The first-order chi connectivity index (χ1) is 6.22. The van der Waals surface area contributed by atoms with Gasteiger partial charge in [-0.25, -0.2) is 0 Å². The third kappa shape index (κ3) is 5.58. The van der Waals surface area contributed by atoms with Crippen molar-refractivity contribution in [2.24, 2.45) is 5.92 Å². The van der Waals surface area contributed by atoms with E-state index in [0.717, 1.165) is 12.0 Å². The van der Waals surface area contributed by atoms with Gasteiger partial charge in [0.1, 0.15) is 0 Å². The molecule has 1 fully saturated rings. The summed E-state index contributed by atoms with van der Waals surface area (Å²) in [6, 6.07) is 1.40. The third-order valence-electron chi connectivity index (χ3n) is 2.52. The summed E-state index contributed by atoms with van der Waals surface area (Å²) in [5, 5.41) is 3.67. The van der Waals surface area contributed by atoms with E-state index in [1.165, 1.54) is 30.8 Å². The molecule has 0 aromatic heterocycles. The smallest absolute Gasteiger partial charge is 0.0132 e. The Morgan fingerprint density at radius 3 is 2.54 bits per heavy atom. The lowest BCUT2D eigenvalue weighted by Gasteiger charge is -2.19. The number of hydrogen-bond donors (Lipinski definition) is 1. The lowest BCUT2D eigenvalue weighted by atomic mass is 10.1. The van der Waals surface area contributed by atoms with Crippen molar-refractivity contribution < 1.29 is 0 Å². The summed E-state index contributed by atoms with van der Waals surface area (Å²) in [6.07, 6.45) is 4.34. The first kappa shape index (κ1) is 11.4. The molecule has 2 unspecified atom stereocenters. The second kappa shape index (κ2) is 5.92. The van der Waals surface area contributed by atoms with Crippen LogP contribution >= 0.6 is 11.8 Å². The molecule has 1 saturated carbocycles. The Balaban J connectivity index is 1.99. The highest BCUT2D eigenvalue weighted by Gasteiger charge is 2.23. The van der Waals surface area contributed by atoms with Gasteiger partial charge in [-0.15, -0.1) is 0 Å². The van der Waals surface area contributed by atoms with E-state index in [2.05, 4.69) is 26.1 Å². The van der Waals surface area contributed by atoms with Crippen molar-refractivity contribution in [1.29, 1.82) is 0 Å². The number of rotatable bonds is 7. The predicted molar refractivity (Wildman–Crippen MR) is 62.4 cm³/mol. The number of nitrogens with one attached hydrogen (secondary N) is 1. The Morgan fingerprint density at radius 2 is 2.00 bits per heavy atom. The van der Waals surface area contributed by atoms with Crippen molar-refractivity contribution in [3.05, 3.63) is 0 Å². The van der Waals surface area contributed by atoms with Crippen LogP contribution in [0.4, 0.5) is 0 Å². The topological polar surface area (TPSA) is 12.0 Å². The van der Waals surface area contributed by atoms with Gasteiger partial charge in [0.15, 0.2) is 0 Å². The maximum Gasteiger partial charge on any atom is 0.0132 e. The van der Waals surface area contributed by atoms with Gasteiger partial charge in [-0.1, -0.05) is 19.8 Å². The van der Waals surface area contributed by atoms with E-state index < -0.39 is 0 Å². The van der Waals surface area contributed by atoms with Crippen LogP contribution < -0.4 is 5.32 Å². The minimum absolute atomic E-state index is 0.679. The summed E-state index contributed by atoms with van der Waals surface area (Å²) >= 11 is 2.03. The molecule has 0 aromatic carbocycles. The summed E-state index contributed by atoms with van der Waals surface area (Å²) in [4.78, 5) is 0. The fourth-order valence-corrected chi connectivity index (χ4v) is 2.44. The van der Waals surface area contributed by atoms with Gasteiger partial charge in [-0.2, -0.15) is 11.8 Å². The highest BCUT2D eigenvalue weighted by molar-refractivity contribution is 7.99. The normalized spacial score (nSPS) is 21.5. The molecule has 0 amide bonds. The van der Waals surface area contributed by atoms with Crippen LogP contribution in [0, 0.1) is 5.92 Å². The minimum Gasteiger partial charge on any atom is -0.311 e. The molecular weight excluding hydrogens is 178 g/mol. The van der Waals surface area contributed by atoms with Gasteiger partial charge in [0.05, 0.1) is 0 Å². The zero-order valence-electron chi connectivity index (χ0n) is 9.18. The van der Waals surface area contributed by atoms with Crippen LogP contribution in [-0.4, -0.2) is 23.6 Å². The maximum atomic E-state index is 3.67. The van der Waals surface area contributed by atoms with Crippen molar-refractivity contribution in [1.82, 2.24) is 5.32 Å². The zero-order valence-corrected chi connectivity index (χ0v) is 9.99. The molecular formula is C11H23NS.